The van der Waals surface area contributed by atoms with Crippen LogP contribution >= 0.6 is 0 Å². The van der Waals surface area contributed by atoms with Crippen LogP contribution in [-0.2, 0) is 6.54 Å². The molecule has 1 heterocycles. The van der Waals surface area contributed by atoms with Crippen molar-refractivity contribution in [3.8, 4) is 0 Å². The Bertz CT molecular complexity index is 905. The topological polar surface area (TPSA) is 74.8 Å². The highest BCUT2D eigenvalue weighted by Gasteiger charge is 2.12. The molecule has 3 aromatic rings. The summed E-state index contributed by atoms with van der Waals surface area (Å²) in [7, 11) is 0. The number of carbonyl (C=O) groups is 1. The first-order chi connectivity index (χ1) is 10.7. The van der Waals surface area contributed by atoms with Crippen LogP contribution in [0.3, 0.4) is 0 Å². The van der Waals surface area contributed by atoms with E-state index in [2.05, 4.69) is 15.5 Å². The third-order valence-corrected chi connectivity index (χ3v) is 3.31. The van der Waals surface area contributed by atoms with E-state index in [1.807, 2.05) is 0 Å². The Morgan fingerprint density at radius 1 is 1.09 bits per heavy atom. The zero-order valence-electron chi connectivity index (χ0n) is 11.5. The van der Waals surface area contributed by atoms with Crippen molar-refractivity contribution in [1.29, 1.82) is 0 Å². The summed E-state index contributed by atoms with van der Waals surface area (Å²) in [6, 6.07) is 12.7. The maximum atomic E-state index is 13.5. The fraction of sp³-hybridized carbons (Fsp3) is 0.0625. The molecule has 3 rings (SSSR count). The van der Waals surface area contributed by atoms with Gasteiger partial charge in [-0.1, -0.05) is 30.3 Å². The molecule has 0 saturated heterocycles. The van der Waals surface area contributed by atoms with Crippen LogP contribution in [-0.4, -0.2) is 16.1 Å². The average molecular weight is 297 g/mol. The lowest BCUT2D eigenvalue weighted by Crippen LogP contribution is -2.25. The highest BCUT2D eigenvalue weighted by molar-refractivity contribution is 5.94. The first-order valence-corrected chi connectivity index (χ1v) is 6.66. The molecule has 0 aliphatic heterocycles. The van der Waals surface area contributed by atoms with Crippen molar-refractivity contribution in [2.75, 3.05) is 0 Å². The molecule has 6 heteroatoms. The van der Waals surface area contributed by atoms with Gasteiger partial charge in [-0.25, -0.2) is 9.49 Å². The summed E-state index contributed by atoms with van der Waals surface area (Å²) in [5.74, 6) is -1.12. The molecule has 0 fully saturated rings. The quantitative estimate of drug-likeness (QED) is 0.776. The minimum Gasteiger partial charge on any atom is -0.346 e. The number of rotatable bonds is 3. The van der Waals surface area contributed by atoms with Crippen molar-refractivity contribution in [3.05, 3.63) is 76.0 Å². The molecular weight excluding hydrogens is 285 g/mol. The second-order valence-electron chi connectivity index (χ2n) is 4.71. The molecule has 0 radical (unpaired) electrons. The maximum absolute atomic E-state index is 13.5. The van der Waals surface area contributed by atoms with Crippen LogP contribution in [0.4, 0.5) is 4.39 Å². The molecule has 1 amide bonds. The van der Waals surface area contributed by atoms with Gasteiger partial charge in [-0.05, 0) is 18.2 Å². The summed E-state index contributed by atoms with van der Waals surface area (Å²) in [6.45, 7) is 0.0878. The minimum absolute atomic E-state index is 0.0313. The summed E-state index contributed by atoms with van der Waals surface area (Å²) in [4.78, 5) is 23.7. The van der Waals surface area contributed by atoms with E-state index < -0.39 is 11.7 Å². The second-order valence-corrected chi connectivity index (χ2v) is 4.71. The number of H-pyrrole nitrogens is 1. The van der Waals surface area contributed by atoms with Gasteiger partial charge in [0.2, 0.25) is 0 Å². The molecule has 0 aliphatic carbocycles. The monoisotopic (exact) mass is 297 g/mol. The van der Waals surface area contributed by atoms with E-state index in [0.29, 0.717) is 16.5 Å². The molecule has 0 atom stereocenters. The Labute approximate surface area is 124 Å². The lowest BCUT2D eigenvalue weighted by molar-refractivity contribution is 0.0946. The molecule has 0 spiro atoms. The standard InChI is InChI=1S/C16H12FN3O2/c17-13-8-4-3-7-12(13)15(21)18-9-14-10-5-1-2-6-11(10)16(22)20-19-14/h1-8H,9H2,(H,18,21)(H,20,22). The Morgan fingerprint density at radius 2 is 1.77 bits per heavy atom. The molecule has 2 aromatic carbocycles. The fourth-order valence-corrected chi connectivity index (χ4v) is 2.21. The predicted molar refractivity (Wildman–Crippen MR) is 79.9 cm³/mol. The van der Waals surface area contributed by atoms with Gasteiger partial charge in [0.15, 0.2) is 0 Å². The van der Waals surface area contributed by atoms with Crippen molar-refractivity contribution in [3.63, 3.8) is 0 Å². The van der Waals surface area contributed by atoms with E-state index in [9.17, 15) is 14.0 Å². The van der Waals surface area contributed by atoms with Crippen LogP contribution in [0.15, 0.2) is 53.3 Å². The van der Waals surface area contributed by atoms with Crippen LogP contribution in [0.2, 0.25) is 0 Å². The van der Waals surface area contributed by atoms with Crippen LogP contribution in [0.5, 0.6) is 0 Å². The Hall–Kier alpha value is -3.02. The lowest BCUT2D eigenvalue weighted by atomic mass is 10.1. The summed E-state index contributed by atoms with van der Waals surface area (Å²) in [5.41, 5.74) is 0.191. The summed E-state index contributed by atoms with van der Waals surface area (Å²) in [5, 5.41) is 10.1. The number of carbonyl (C=O) groups excluding carboxylic acids is 1. The van der Waals surface area contributed by atoms with Crippen molar-refractivity contribution in [1.82, 2.24) is 15.5 Å². The number of hydrogen-bond donors (Lipinski definition) is 2. The van der Waals surface area contributed by atoms with E-state index in [1.165, 1.54) is 18.2 Å². The third-order valence-electron chi connectivity index (χ3n) is 3.31. The SMILES string of the molecule is O=C(NCc1n[nH]c(=O)c2ccccc12)c1ccccc1F. The van der Waals surface area contributed by atoms with Gasteiger partial charge in [-0.15, -0.1) is 0 Å². The van der Waals surface area contributed by atoms with Gasteiger partial charge in [-0.2, -0.15) is 5.10 Å². The van der Waals surface area contributed by atoms with Gasteiger partial charge in [-0.3, -0.25) is 9.59 Å². The van der Waals surface area contributed by atoms with Crippen molar-refractivity contribution >= 4 is 16.7 Å². The van der Waals surface area contributed by atoms with E-state index in [4.69, 9.17) is 0 Å². The second kappa shape index (κ2) is 5.77. The predicted octanol–water partition coefficient (Wildman–Crippen LogP) is 1.99. The molecule has 0 bridgehead atoms. The van der Waals surface area contributed by atoms with E-state index in [0.717, 1.165) is 0 Å². The maximum Gasteiger partial charge on any atom is 0.272 e. The zero-order chi connectivity index (χ0) is 15.5. The highest BCUT2D eigenvalue weighted by Crippen LogP contribution is 2.12. The van der Waals surface area contributed by atoms with Gasteiger partial charge in [0.05, 0.1) is 23.2 Å². The Kier molecular flexibility index (Phi) is 3.65. The number of nitrogens with zero attached hydrogens (tertiary/aromatic N) is 1. The molecule has 2 N–H and O–H groups in total. The van der Waals surface area contributed by atoms with E-state index in [-0.39, 0.29) is 17.7 Å². The number of amides is 1. The Morgan fingerprint density at radius 3 is 2.55 bits per heavy atom. The van der Waals surface area contributed by atoms with Crippen molar-refractivity contribution in [2.24, 2.45) is 0 Å². The molecule has 5 nitrogen and oxygen atoms in total. The van der Waals surface area contributed by atoms with Crippen LogP contribution in [0, 0.1) is 5.82 Å². The first kappa shape index (κ1) is 13.9. The first-order valence-electron chi connectivity index (χ1n) is 6.66. The normalized spacial score (nSPS) is 10.6. The highest BCUT2D eigenvalue weighted by atomic mass is 19.1. The molecule has 0 aliphatic rings. The van der Waals surface area contributed by atoms with Crippen molar-refractivity contribution < 1.29 is 9.18 Å². The summed E-state index contributed by atoms with van der Waals surface area (Å²) >= 11 is 0. The van der Waals surface area contributed by atoms with Crippen LogP contribution in [0.1, 0.15) is 16.1 Å². The van der Waals surface area contributed by atoms with Crippen molar-refractivity contribution in [2.45, 2.75) is 6.54 Å². The smallest absolute Gasteiger partial charge is 0.272 e. The number of aromatic nitrogens is 2. The van der Waals surface area contributed by atoms with E-state index >= 15 is 0 Å². The zero-order valence-corrected chi connectivity index (χ0v) is 11.5. The van der Waals surface area contributed by atoms with Gasteiger partial charge < -0.3 is 5.32 Å². The third kappa shape index (κ3) is 2.58. The Balaban J connectivity index is 1.86. The van der Waals surface area contributed by atoms with Gasteiger partial charge in [0.1, 0.15) is 5.82 Å². The molecule has 22 heavy (non-hydrogen) atoms. The number of nitrogens with one attached hydrogen (secondary N) is 2. The van der Waals surface area contributed by atoms with Crippen LogP contribution in [0.25, 0.3) is 10.8 Å². The van der Waals surface area contributed by atoms with Gasteiger partial charge >= 0.3 is 0 Å². The minimum atomic E-state index is -0.584. The summed E-state index contributed by atoms with van der Waals surface area (Å²) < 4.78 is 13.5. The number of aromatic amines is 1. The summed E-state index contributed by atoms with van der Waals surface area (Å²) in [6.07, 6.45) is 0. The number of hydrogen-bond acceptors (Lipinski definition) is 3. The number of fused-ring (bicyclic) bond motifs is 1. The number of benzene rings is 2. The van der Waals surface area contributed by atoms with Gasteiger partial charge in [0, 0.05) is 5.39 Å². The fourth-order valence-electron chi connectivity index (χ4n) is 2.21. The largest absolute Gasteiger partial charge is 0.346 e. The van der Waals surface area contributed by atoms with Gasteiger partial charge in [0.25, 0.3) is 11.5 Å². The number of halogens is 1. The molecular formula is C16H12FN3O2. The molecule has 110 valence electrons. The van der Waals surface area contributed by atoms with Crippen LogP contribution < -0.4 is 10.9 Å². The lowest BCUT2D eigenvalue weighted by Gasteiger charge is -2.07. The molecule has 0 saturated carbocycles. The average Bonchev–Trinajstić information content (AvgIpc) is 2.55. The van der Waals surface area contributed by atoms with E-state index in [1.54, 1.807) is 30.3 Å². The molecule has 1 aromatic heterocycles. The molecule has 0 unspecified atom stereocenters.